The fraction of sp³-hybridized carbons (Fsp3) is 0.467. The van der Waals surface area contributed by atoms with Crippen LogP contribution in [0.5, 0.6) is 5.75 Å². The van der Waals surface area contributed by atoms with Crippen molar-refractivity contribution in [3.8, 4) is 11.8 Å². The van der Waals surface area contributed by atoms with Crippen LogP contribution >= 0.6 is 0 Å². The first-order valence-corrected chi connectivity index (χ1v) is 6.67. The van der Waals surface area contributed by atoms with E-state index in [4.69, 9.17) is 10.00 Å². The van der Waals surface area contributed by atoms with E-state index < -0.39 is 0 Å². The van der Waals surface area contributed by atoms with E-state index in [0.29, 0.717) is 30.4 Å². The number of rotatable bonds is 6. The van der Waals surface area contributed by atoms with Gasteiger partial charge >= 0.3 is 0 Å². The third-order valence-corrected chi connectivity index (χ3v) is 3.19. The second-order valence-corrected chi connectivity index (χ2v) is 5.16. The molecule has 1 amide bonds. The molecule has 0 atom stereocenters. The highest BCUT2D eigenvalue weighted by Gasteiger charge is 2.23. The van der Waals surface area contributed by atoms with Gasteiger partial charge in [0.15, 0.2) is 0 Å². The van der Waals surface area contributed by atoms with Gasteiger partial charge in [-0.15, -0.1) is 0 Å². The summed E-state index contributed by atoms with van der Waals surface area (Å²) in [5.74, 6) is 0.636. The predicted molar refractivity (Wildman–Crippen MR) is 75.2 cm³/mol. The van der Waals surface area contributed by atoms with Crippen LogP contribution in [0.1, 0.15) is 24.0 Å². The number of ether oxygens (including phenoxy) is 1. The lowest BCUT2D eigenvalue weighted by Crippen LogP contribution is -2.35. The molecule has 0 spiro atoms. The van der Waals surface area contributed by atoms with Crippen LogP contribution in [0.4, 0.5) is 0 Å². The maximum absolute atomic E-state index is 11.7. The van der Waals surface area contributed by atoms with Gasteiger partial charge in [0.2, 0.25) is 5.91 Å². The number of likely N-dealkylation sites (N-methyl/N-ethyl adjacent to an activating group) is 1. The Hall–Kier alpha value is -2.06. The molecular weight excluding hydrogens is 254 g/mol. The summed E-state index contributed by atoms with van der Waals surface area (Å²) in [6.07, 6.45) is 2.20. The van der Waals surface area contributed by atoms with Crippen LogP contribution in [0.3, 0.4) is 0 Å². The van der Waals surface area contributed by atoms with Gasteiger partial charge in [0.05, 0.1) is 19.2 Å². The zero-order chi connectivity index (χ0) is 14.5. The number of benzene rings is 1. The maximum atomic E-state index is 11.7. The normalized spacial score (nSPS) is 13.9. The maximum Gasteiger partial charge on any atom is 0.234 e. The Labute approximate surface area is 119 Å². The average molecular weight is 273 g/mol. The molecule has 5 heteroatoms. The van der Waals surface area contributed by atoms with Crippen molar-refractivity contribution in [3.63, 3.8) is 0 Å². The highest BCUT2D eigenvalue weighted by Crippen LogP contribution is 2.20. The Morgan fingerprint density at radius 3 is 2.90 bits per heavy atom. The molecule has 1 fully saturated rings. The van der Waals surface area contributed by atoms with Gasteiger partial charge in [-0.1, -0.05) is 6.07 Å². The quantitative estimate of drug-likeness (QED) is 0.848. The van der Waals surface area contributed by atoms with Gasteiger partial charge < -0.3 is 10.1 Å². The third kappa shape index (κ3) is 3.97. The molecule has 1 aliphatic carbocycles. The second-order valence-electron chi connectivity index (χ2n) is 5.16. The lowest BCUT2D eigenvalue weighted by atomic mass is 10.1. The molecule has 0 unspecified atom stereocenters. The van der Waals surface area contributed by atoms with Gasteiger partial charge in [-0.2, -0.15) is 5.26 Å². The van der Waals surface area contributed by atoms with Crippen molar-refractivity contribution in [3.05, 3.63) is 29.3 Å². The topological polar surface area (TPSA) is 65.4 Å². The van der Waals surface area contributed by atoms with Crippen LogP contribution in [0.25, 0.3) is 0 Å². The molecule has 0 saturated heterocycles. The molecule has 1 N–H and O–H groups in total. The SMILES string of the molecule is COc1cc(CN(C)CC(=O)NC2CC2)ccc1C#N. The fourth-order valence-corrected chi connectivity index (χ4v) is 2.04. The monoisotopic (exact) mass is 273 g/mol. The molecule has 2 rings (SSSR count). The van der Waals surface area contributed by atoms with Crippen molar-refractivity contribution in [1.29, 1.82) is 5.26 Å². The van der Waals surface area contributed by atoms with E-state index in [0.717, 1.165) is 18.4 Å². The highest BCUT2D eigenvalue weighted by molar-refractivity contribution is 5.78. The van der Waals surface area contributed by atoms with E-state index in [2.05, 4.69) is 11.4 Å². The molecule has 1 aromatic rings. The van der Waals surface area contributed by atoms with Gasteiger partial charge in [-0.05, 0) is 37.6 Å². The Morgan fingerprint density at radius 2 is 2.30 bits per heavy atom. The molecule has 0 heterocycles. The molecule has 5 nitrogen and oxygen atoms in total. The smallest absolute Gasteiger partial charge is 0.234 e. The second kappa shape index (κ2) is 6.40. The Kier molecular flexibility index (Phi) is 4.59. The summed E-state index contributed by atoms with van der Waals surface area (Å²) in [6.45, 7) is 1.01. The molecule has 0 bridgehead atoms. The number of carbonyl (C=O) groups is 1. The molecule has 0 aromatic heterocycles. The van der Waals surface area contributed by atoms with Gasteiger partial charge in [0.25, 0.3) is 0 Å². The molecular formula is C15H19N3O2. The number of methoxy groups -OCH3 is 1. The van der Waals surface area contributed by atoms with Crippen molar-refractivity contribution >= 4 is 5.91 Å². The molecule has 1 aromatic carbocycles. The summed E-state index contributed by atoms with van der Waals surface area (Å²) < 4.78 is 5.18. The first-order valence-electron chi connectivity index (χ1n) is 6.67. The molecule has 0 radical (unpaired) electrons. The van der Waals surface area contributed by atoms with Crippen LogP contribution in [0.15, 0.2) is 18.2 Å². The number of nitriles is 1. The number of nitrogens with one attached hydrogen (secondary N) is 1. The van der Waals surface area contributed by atoms with E-state index in [1.807, 2.05) is 24.1 Å². The zero-order valence-electron chi connectivity index (χ0n) is 11.8. The van der Waals surface area contributed by atoms with E-state index in [1.165, 1.54) is 0 Å². The van der Waals surface area contributed by atoms with Gasteiger partial charge in [-0.25, -0.2) is 0 Å². The lowest BCUT2D eigenvalue weighted by Gasteiger charge is -2.17. The fourth-order valence-electron chi connectivity index (χ4n) is 2.04. The first kappa shape index (κ1) is 14.4. The van der Waals surface area contributed by atoms with E-state index >= 15 is 0 Å². The van der Waals surface area contributed by atoms with E-state index in [9.17, 15) is 4.79 Å². The highest BCUT2D eigenvalue weighted by atomic mass is 16.5. The van der Waals surface area contributed by atoms with Crippen molar-refractivity contribution in [2.75, 3.05) is 20.7 Å². The number of nitrogens with zero attached hydrogens (tertiary/aromatic N) is 2. The average Bonchev–Trinajstić information content (AvgIpc) is 3.22. The standard InChI is InChI=1S/C15H19N3O2/c1-18(10-15(19)17-13-5-6-13)9-11-3-4-12(8-16)14(7-11)20-2/h3-4,7,13H,5-6,9-10H2,1-2H3,(H,17,19). The molecule has 0 aliphatic heterocycles. The predicted octanol–water partition coefficient (Wildman–Crippen LogP) is 1.28. The van der Waals surface area contributed by atoms with Crippen LogP contribution in [-0.2, 0) is 11.3 Å². The summed E-state index contributed by atoms with van der Waals surface area (Å²) >= 11 is 0. The zero-order valence-corrected chi connectivity index (χ0v) is 11.8. The van der Waals surface area contributed by atoms with E-state index in [-0.39, 0.29) is 5.91 Å². The number of carbonyl (C=O) groups excluding carboxylic acids is 1. The Bertz CT molecular complexity index is 532. The van der Waals surface area contributed by atoms with Gasteiger partial charge in [0.1, 0.15) is 11.8 Å². The lowest BCUT2D eigenvalue weighted by molar-refractivity contribution is -0.122. The van der Waals surface area contributed by atoms with Crippen LogP contribution < -0.4 is 10.1 Å². The molecule has 106 valence electrons. The van der Waals surface area contributed by atoms with Crippen molar-refractivity contribution in [1.82, 2.24) is 10.2 Å². The van der Waals surface area contributed by atoms with E-state index in [1.54, 1.807) is 13.2 Å². The summed E-state index contributed by atoms with van der Waals surface area (Å²) in [5, 5.41) is 11.9. The van der Waals surface area contributed by atoms with Gasteiger partial charge in [0, 0.05) is 12.6 Å². The summed E-state index contributed by atoms with van der Waals surface area (Å²) in [7, 11) is 3.45. The molecule has 1 saturated carbocycles. The first-order chi connectivity index (χ1) is 9.62. The summed E-state index contributed by atoms with van der Waals surface area (Å²) in [4.78, 5) is 13.6. The number of hydrogen-bond acceptors (Lipinski definition) is 4. The van der Waals surface area contributed by atoms with Crippen molar-refractivity contribution < 1.29 is 9.53 Å². The van der Waals surface area contributed by atoms with Gasteiger partial charge in [-0.3, -0.25) is 9.69 Å². The minimum Gasteiger partial charge on any atom is -0.495 e. The Balaban J connectivity index is 1.91. The molecule has 1 aliphatic rings. The van der Waals surface area contributed by atoms with Crippen LogP contribution in [0, 0.1) is 11.3 Å². The third-order valence-electron chi connectivity index (χ3n) is 3.19. The number of hydrogen-bond donors (Lipinski definition) is 1. The Morgan fingerprint density at radius 1 is 1.55 bits per heavy atom. The summed E-state index contributed by atoms with van der Waals surface area (Å²) in [5.41, 5.74) is 1.54. The number of amides is 1. The van der Waals surface area contributed by atoms with Crippen molar-refractivity contribution in [2.24, 2.45) is 0 Å². The minimum absolute atomic E-state index is 0.0654. The minimum atomic E-state index is 0.0654. The van der Waals surface area contributed by atoms with Crippen LogP contribution in [0.2, 0.25) is 0 Å². The largest absolute Gasteiger partial charge is 0.495 e. The molecule has 20 heavy (non-hydrogen) atoms. The van der Waals surface area contributed by atoms with Crippen LogP contribution in [-0.4, -0.2) is 37.6 Å². The van der Waals surface area contributed by atoms with Crippen molar-refractivity contribution in [2.45, 2.75) is 25.4 Å². The summed E-state index contributed by atoms with van der Waals surface area (Å²) in [6, 6.07) is 7.95.